The largest absolute Gasteiger partial charge is 0.508 e. The van der Waals surface area contributed by atoms with Crippen LogP contribution >= 0.6 is 0 Å². The Hall–Kier alpha value is -3.01. The lowest BCUT2D eigenvalue weighted by molar-refractivity contribution is 0.104. The van der Waals surface area contributed by atoms with Crippen LogP contribution in [0.25, 0.3) is 6.08 Å². The van der Waals surface area contributed by atoms with E-state index in [-0.39, 0.29) is 17.3 Å². The van der Waals surface area contributed by atoms with E-state index in [9.17, 15) is 15.0 Å². The third-order valence-electron chi connectivity index (χ3n) is 3.36. The molecule has 0 aliphatic carbocycles. The molecule has 2 aromatic carbocycles. The molecule has 0 aliphatic heterocycles. The Kier molecular flexibility index (Phi) is 5.20. The van der Waals surface area contributed by atoms with Crippen LogP contribution in [0.4, 0.5) is 0 Å². The van der Waals surface area contributed by atoms with Crippen molar-refractivity contribution in [2.45, 2.75) is 6.42 Å². The zero-order chi connectivity index (χ0) is 16.8. The highest BCUT2D eigenvalue weighted by Crippen LogP contribution is 2.29. The first-order valence-electron chi connectivity index (χ1n) is 7.07. The molecule has 0 atom stereocenters. The Balaban J connectivity index is 2.30. The van der Waals surface area contributed by atoms with Gasteiger partial charge < -0.3 is 14.9 Å². The molecule has 0 saturated carbocycles. The standard InChI is InChI=1S/C19H18O4/c1-3-4-14-11-15(19(23-2)12-18(14)22)7-10-17(21)13-5-8-16(20)9-6-13/h3,5-12,20,22H,1,4H2,2H3. The summed E-state index contributed by atoms with van der Waals surface area (Å²) in [6, 6.07) is 9.31. The van der Waals surface area contributed by atoms with Gasteiger partial charge in [-0.15, -0.1) is 6.58 Å². The Morgan fingerprint density at radius 3 is 2.52 bits per heavy atom. The molecule has 0 amide bonds. The second-order valence-electron chi connectivity index (χ2n) is 4.96. The van der Waals surface area contributed by atoms with Gasteiger partial charge in [0.05, 0.1) is 7.11 Å². The lowest BCUT2D eigenvalue weighted by atomic mass is 10.0. The molecule has 23 heavy (non-hydrogen) atoms. The van der Waals surface area contributed by atoms with E-state index >= 15 is 0 Å². The van der Waals surface area contributed by atoms with Gasteiger partial charge in [-0.25, -0.2) is 0 Å². The van der Waals surface area contributed by atoms with Crippen LogP contribution in [0.15, 0.2) is 55.1 Å². The van der Waals surface area contributed by atoms with Crippen molar-refractivity contribution >= 4 is 11.9 Å². The Morgan fingerprint density at radius 1 is 1.22 bits per heavy atom. The molecule has 0 unspecified atom stereocenters. The van der Waals surface area contributed by atoms with Crippen molar-refractivity contribution in [3.8, 4) is 17.2 Å². The van der Waals surface area contributed by atoms with Gasteiger partial charge in [0.2, 0.25) is 0 Å². The summed E-state index contributed by atoms with van der Waals surface area (Å²) in [5, 5.41) is 19.2. The summed E-state index contributed by atoms with van der Waals surface area (Å²) >= 11 is 0. The minimum absolute atomic E-state index is 0.111. The van der Waals surface area contributed by atoms with Crippen molar-refractivity contribution in [3.63, 3.8) is 0 Å². The maximum Gasteiger partial charge on any atom is 0.185 e. The smallest absolute Gasteiger partial charge is 0.185 e. The molecular formula is C19H18O4. The molecule has 2 N–H and O–H groups in total. The van der Waals surface area contributed by atoms with Gasteiger partial charge in [-0.1, -0.05) is 6.08 Å². The van der Waals surface area contributed by atoms with Crippen LogP contribution in [0, 0.1) is 0 Å². The number of phenolic OH excluding ortho intramolecular Hbond substituents is 2. The SMILES string of the molecule is C=CCc1cc(C=CC(=O)c2ccc(O)cc2)c(OC)cc1O. The van der Waals surface area contributed by atoms with Crippen molar-refractivity contribution in [2.75, 3.05) is 7.11 Å². The molecule has 0 heterocycles. The van der Waals surface area contributed by atoms with Crippen LogP contribution in [-0.2, 0) is 6.42 Å². The zero-order valence-corrected chi connectivity index (χ0v) is 12.8. The van der Waals surface area contributed by atoms with Gasteiger partial charge >= 0.3 is 0 Å². The third kappa shape index (κ3) is 4.01. The number of hydrogen-bond acceptors (Lipinski definition) is 4. The predicted octanol–water partition coefficient (Wildman–Crippen LogP) is 3.73. The minimum Gasteiger partial charge on any atom is -0.508 e. The van der Waals surface area contributed by atoms with E-state index in [1.54, 1.807) is 30.4 Å². The van der Waals surface area contributed by atoms with Crippen LogP contribution in [0.2, 0.25) is 0 Å². The van der Waals surface area contributed by atoms with E-state index in [0.717, 1.165) is 0 Å². The van der Waals surface area contributed by atoms with Crippen molar-refractivity contribution < 1.29 is 19.7 Å². The van der Waals surface area contributed by atoms with Gasteiger partial charge in [-0.3, -0.25) is 4.79 Å². The van der Waals surface area contributed by atoms with Crippen molar-refractivity contribution in [3.05, 3.63) is 71.8 Å². The number of carbonyl (C=O) groups excluding carboxylic acids is 1. The van der Waals surface area contributed by atoms with Crippen LogP contribution in [0.3, 0.4) is 0 Å². The molecule has 0 bridgehead atoms. The molecule has 0 aromatic heterocycles. The number of hydrogen-bond donors (Lipinski definition) is 2. The number of carbonyl (C=O) groups is 1. The van der Waals surface area contributed by atoms with Gasteiger partial charge in [0.25, 0.3) is 0 Å². The minimum atomic E-state index is -0.189. The summed E-state index contributed by atoms with van der Waals surface area (Å²) in [4.78, 5) is 12.1. The fourth-order valence-corrected chi connectivity index (χ4v) is 2.15. The number of benzene rings is 2. The van der Waals surface area contributed by atoms with Gasteiger partial charge in [0, 0.05) is 17.2 Å². The van der Waals surface area contributed by atoms with E-state index in [4.69, 9.17) is 4.74 Å². The molecule has 0 radical (unpaired) electrons. The Bertz CT molecular complexity index is 743. The zero-order valence-electron chi connectivity index (χ0n) is 12.8. The molecule has 0 fully saturated rings. The quantitative estimate of drug-likeness (QED) is 0.485. The van der Waals surface area contributed by atoms with Crippen molar-refractivity contribution in [1.82, 2.24) is 0 Å². The molecule has 4 heteroatoms. The fraction of sp³-hybridized carbons (Fsp3) is 0.105. The number of rotatable bonds is 6. The highest BCUT2D eigenvalue weighted by Gasteiger charge is 2.08. The first-order chi connectivity index (χ1) is 11.0. The molecule has 118 valence electrons. The fourth-order valence-electron chi connectivity index (χ4n) is 2.15. The summed E-state index contributed by atoms with van der Waals surface area (Å²) in [7, 11) is 1.50. The summed E-state index contributed by atoms with van der Waals surface area (Å²) < 4.78 is 5.23. The maximum absolute atomic E-state index is 12.1. The summed E-state index contributed by atoms with van der Waals surface area (Å²) in [5.74, 6) is 0.527. The van der Waals surface area contributed by atoms with Gasteiger partial charge in [-0.05, 0) is 54.5 Å². The van der Waals surface area contributed by atoms with Crippen LogP contribution in [0.5, 0.6) is 17.2 Å². The van der Waals surface area contributed by atoms with E-state index in [1.165, 1.54) is 31.4 Å². The number of aromatic hydroxyl groups is 2. The summed E-state index contributed by atoms with van der Waals surface area (Å²) in [6.07, 6.45) is 5.28. The molecule has 2 aromatic rings. The van der Waals surface area contributed by atoms with E-state index in [0.29, 0.717) is 28.9 Å². The maximum atomic E-state index is 12.1. The summed E-state index contributed by atoms with van der Waals surface area (Å²) in [6.45, 7) is 3.66. The van der Waals surface area contributed by atoms with E-state index < -0.39 is 0 Å². The van der Waals surface area contributed by atoms with Gasteiger partial charge in [-0.2, -0.15) is 0 Å². The normalized spacial score (nSPS) is 10.7. The average molecular weight is 310 g/mol. The molecule has 0 spiro atoms. The second-order valence-corrected chi connectivity index (χ2v) is 4.96. The first kappa shape index (κ1) is 16.4. The number of phenols is 2. The van der Waals surface area contributed by atoms with E-state index in [2.05, 4.69) is 6.58 Å². The van der Waals surface area contributed by atoms with Crippen LogP contribution in [-0.4, -0.2) is 23.1 Å². The topological polar surface area (TPSA) is 66.8 Å². The average Bonchev–Trinajstić information content (AvgIpc) is 2.55. The molecule has 4 nitrogen and oxygen atoms in total. The highest BCUT2D eigenvalue weighted by atomic mass is 16.5. The van der Waals surface area contributed by atoms with Crippen molar-refractivity contribution in [2.24, 2.45) is 0 Å². The highest BCUT2D eigenvalue weighted by molar-refractivity contribution is 6.07. The number of methoxy groups -OCH3 is 1. The predicted molar refractivity (Wildman–Crippen MR) is 90.0 cm³/mol. The summed E-state index contributed by atoms with van der Waals surface area (Å²) in [5.41, 5.74) is 1.87. The van der Waals surface area contributed by atoms with E-state index in [1.807, 2.05) is 0 Å². The third-order valence-corrected chi connectivity index (χ3v) is 3.36. The second kappa shape index (κ2) is 7.31. The Labute approximate surface area is 135 Å². The van der Waals surface area contributed by atoms with Crippen molar-refractivity contribution in [1.29, 1.82) is 0 Å². The molecule has 2 rings (SSSR count). The lowest BCUT2D eigenvalue weighted by Gasteiger charge is -2.09. The molecule has 0 aliphatic rings. The van der Waals surface area contributed by atoms with Crippen LogP contribution < -0.4 is 4.74 Å². The monoisotopic (exact) mass is 310 g/mol. The van der Waals surface area contributed by atoms with Crippen LogP contribution in [0.1, 0.15) is 21.5 Å². The Morgan fingerprint density at radius 2 is 1.91 bits per heavy atom. The van der Waals surface area contributed by atoms with Gasteiger partial charge in [0.1, 0.15) is 17.2 Å². The number of allylic oxidation sites excluding steroid dienone is 2. The number of ether oxygens (including phenoxy) is 1. The molecule has 0 saturated heterocycles. The molecular weight excluding hydrogens is 292 g/mol. The number of ketones is 1. The first-order valence-corrected chi connectivity index (χ1v) is 7.07. The van der Waals surface area contributed by atoms with Gasteiger partial charge in [0.15, 0.2) is 5.78 Å². The lowest BCUT2D eigenvalue weighted by Crippen LogP contribution is -1.95.